The minimum absolute atomic E-state index is 0.0334. The van der Waals surface area contributed by atoms with E-state index in [2.05, 4.69) is 15.9 Å². The van der Waals surface area contributed by atoms with Gasteiger partial charge in [0.25, 0.3) is 0 Å². The van der Waals surface area contributed by atoms with E-state index in [9.17, 15) is 4.79 Å². The number of hydrazone groups is 1. The van der Waals surface area contributed by atoms with Gasteiger partial charge in [-0.1, -0.05) is 27.5 Å². The number of hydrogen-bond donors (Lipinski definition) is 0. The number of hydrogen-bond acceptors (Lipinski definition) is 6. The van der Waals surface area contributed by atoms with Gasteiger partial charge >= 0.3 is 5.97 Å². The standard InChI is InChI=1S/C31H24BrClN2O4/c1-2-37-24-12-5-19(6-13-24)27-18-28-26-17-23(33)11-16-29(26)39-30(35(28)34-27)20-7-14-25(15-8-20)38-31(36)21-3-9-22(32)10-4-21/h3-17,28,30H,2,18H2,1H3/t28-,30+/m1/s1. The van der Waals surface area contributed by atoms with Crippen LogP contribution in [0.2, 0.25) is 5.02 Å². The van der Waals surface area contributed by atoms with Gasteiger partial charge in [-0.15, -0.1) is 0 Å². The molecular formula is C31H24BrClN2O4. The van der Waals surface area contributed by atoms with Crippen molar-refractivity contribution in [3.8, 4) is 17.2 Å². The van der Waals surface area contributed by atoms with Crippen molar-refractivity contribution in [3.05, 3.63) is 123 Å². The second-order valence-electron chi connectivity index (χ2n) is 9.22. The summed E-state index contributed by atoms with van der Waals surface area (Å²) in [6.45, 7) is 2.59. The molecule has 0 N–H and O–H groups in total. The summed E-state index contributed by atoms with van der Waals surface area (Å²) in [4.78, 5) is 12.5. The molecule has 0 unspecified atom stereocenters. The lowest BCUT2D eigenvalue weighted by Crippen LogP contribution is -2.33. The fourth-order valence-corrected chi connectivity index (χ4v) is 5.26. The molecule has 4 aromatic carbocycles. The molecule has 39 heavy (non-hydrogen) atoms. The quantitative estimate of drug-likeness (QED) is 0.165. The highest BCUT2D eigenvalue weighted by Gasteiger charge is 2.41. The van der Waals surface area contributed by atoms with Crippen LogP contribution in [0.25, 0.3) is 0 Å². The SMILES string of the molecule is CCOc1ccc(C2=NN3[C@H](C2)c2cc(Cl)ccc2O[C@H]3c2ccc(OC(=O)c3ccc(Br)cc3)cc2)cc1. The normalized spacial score (nSPS) is 17.5. The molecule has 0 aliphatic carbocycles. The third-order valence-electron chi connectivity index (χ3n) is 6.71. The Bertz CT molecular complexity index is 1540. The summed E-state index contributed by atoms with van der Waals surface area (Å²) in [6.07, 6.45) is 0.254. The number of esters is 1. The first kappa shape index (κ1) is 25.5. The topological polar surface area (TPSA) is 60.4 Å². The van der Waals surface area contributed by atoms with Crippen LogP contribution in [-0.2, 0) is 0 Å². The van der Waals surface area contributed by atoms with Crippen LogP contribution < -0.4 is 14.2 Å². The fraction of sp³-hybridized carbons (Fsp3) is 0.161. The molecule has 6 rings (SSSR count). The van der Waals surface area contributed by atoms with Crippen molar-refractivity contribution in [2.45, 2.75) is 25.6 Å². The monoisotopic (exact) mass is 602 g/mol. The van der Waals surface area contributed by atoms with Crippen molar-refractivity contribution < 1.29 is 19.0 Å². The minimum Gasteiger partial charge on any atom is -0.494 e. The first-order valence-corrected chi connectivity index (χ1v) is 13.8. The molecule has 0 amide bonds. The number of rotatable bonds is 6. The lowest BCUT2D eigenvalue weighted by Gasteiger charge is -2.38. The third-order valence-corrected chi connectivity index (χ3v) is 7.47. The summed E-state index contributed by atoms with van der Waals surface area (Å²) in [5.41, 5.74) is 4.36. The summed E-state index contributed by atoms with van der Waals surface area (Å²) < 4.78 is 18.5. The van der Waals surface area contributed by atoms with Crippen molar-refractivity contribution in [3.63, 3.8) is 0 Å². The zero-order valence-electron chi connectivity index (χ0n) is 21.0. The van der Waals surface area contributed by atoms with E-state index in [1.54, 1.807) is 36.4 Å². The molecule has 0 fully saturated rings. The average molecular weight is 604 g/mol. The summed E-state index contributed by atoms with van der Waals surface area (Å²) >= 11 is 9.74. The van der Waals surface area contributed by atoms with E-state index < -0.39 is 12.2 Å². The summed E-state index contributed by atoms with van der Waals surface area (Å²) in [5.74, 6) is 1.64. The predicted octanol–water partition coefficient (Wildman–Crippen LogP) is 7.96. The molecule has 0 radical (unpaired) electrons. The molecule has 196 valence electrons. The minimum atomic E-state index is -0.458. The number of benzene rings is 4. The Balaban J connectivity index is 1.28. The van der Waals surface area contributed by atoms with Crippen molar-refractivity contribution in [2.24, 2.45) is 5.10 Å². The Hall–Kier alpha value is -3.81. The largest absolute Gasteiger partial charge is 0.494 e. The van der Waals surface area contributed by atoms with Crippen LogP contribution in [0.5, 0.6) is 17.2 Å². The van der Waals surface area contributed by atoms with Crippen LogP contribution in [0.15, 0.2) is 101 Å². The Morgan fingerprint density at radius 2 is 1.72 bits per heavy atom. The second kappa shape index (κ2) is 10.8. The van der Waals surface area contributed by atoms with E-state index in [1.807, 2.05) is 66.5 Å². The van der Waals surface area contributed by atoms with E-state index in [0.717, 1.165) is 38.4 Å². The first-order valence-electron chi connectivity index (χ1n) is 12.6. The Morgan fingerprint density at radius 1 is 1.00 bits per heavy atom. The molecule has 0 aromatic heterocycles. The summed E-state index contributed by atoms with van der Waals surface area (Å²) in [7, 11) is 0. The summed E-state index contributed by atoms with van der Waals surface area (Å²) in [6, 6.07) is 28.0. The molecule has 0 bridgehead atoms. The molecule has 8 heteroatoms. The van der Waals surface area contributed by atoms with Crippen LogP contribution in [0, 0.1) is 0 Å². The number of halogens is 2. The Kier molecular flexibility index (Phi) is 7.02. The molecule has 0 saturated heterocycles. The van der Waals surface area contributed by atoms with E-state index >= 15 is 0 Å². The number of fused-ring (bicyclic) bond motifs is 3. The third kappa shape index (κ3) is 5.24. The average Bonchev–Trinajstić information content (AvgIpc) is 3.40. The van der Waals surface area contributed by atoms with Gasteiger partial charge in [0.2, 0.25) is 6.23 Å². The van der Waals surface area contributed by atoms with Gasteiger partial charge < -0.3 is 14.2 Å². The van der Waals surface area contributed by atoms with E-state index in [0.29, 0.717) is 29.4 Å². The molecular weight excluding hydrogens is 580 g/mol. The predicted molar refractivity (Wildman–Crippen MR) is 154 cm³/mol. The van der Waals surface area contributed by atoms with Gasteiger partial charge in [0, 0.05) is 27.0 Å². The number of ether oxygens (including phenoxy) is 3. The molecule has 2 aliphatic rings. The lowest BCUT2D eigenvalue weighted by atomic mass is 9.96. The van der Waals surface area contributed by atoms with Gasteiger partial charge in [0.15, 0.2) is 0 Å². The second-order valence-corrected chi connectivity index (χ2v) is 10.6. The molecule has 6 nitrogen and oxygen atoms in total. The molecule has 4 aromatic rings. The smallest absolute Gasteiger partial charge is 0.343 e. The molecule has 2 atom stereocenters. The lowest BCUT2D eigenvalue weighted by molar-refractivity contribution is -0.0190. The van der Waals surface area contributed by atoms with Gasteiger partial charge in [-0.3, -0.25) is 0 Å². The zero-order chi connectivity index (χ0) is 26.9. The molecule has 0 spiro atoms. The highest BCUT2D eigenvalue weighted by atomic mass is 79.9. The highest BCUT2D eigenvalue weighted by Crippen LogP contribution is 2.48. The Labute approximate surface area is 239 Å². The summed E-state index contributed by atoms with van der Waals surface area (Å²) in [5, 5.41) is 7.66. The van der Waals surface area contributed by atoms with Gasteiger partial charge in [-0.05, 0) is 103 Å². The molecule has 2 heterocycles. The van der Waals surface area contributed by atoms with Gasteiger partial charge in [-0.25, -0.2) is 9.80 Å². The maximum Gasteiger partial charge on any atom is 0.343 e. The Morgan fingerprint density at radius 3 is 2.44 bits per heavy atom. The zero-order valence-corrected chi connectivity index (χ0v) is 23.4. The molecule has 2 aliphatic heterocycles. The number of nitrogens with zero attached hydrogens (tertiary/aromatic N) is 2. The fourth-order valence-electron chi connectivity index (χ4n) is 4.82. The van der Waals surface area contributed by atoms with Crippen LogP contribution in [0.3, 0.4) is 0 Å². The van der Waals surface area contributed by atoms with E-state index in [-0.39, 0.29) is 6.04 Å². The van der Waals surface area contributed by atoms with Crippen LogP contribution >= 0.6 is 27.5 Å². The number of carbonyl (C=O) groups excluding carboxylic acids is 1. The van der Waals surface area contributed by atoms with Gasteiger partial charge in [-0.2, -0.15) is 5.10 Å². The first-order chi connectivity index (χ1) is 19.0. The highest BCUT2D eigenvalue weighted by molar-refractivity contribution is 9.10. The maximum absolute atomic E-state index is 12.5. The van der Waals surface area contributed by atoms with Crippen LogP contribution in [0.4, 0.5) is 0 Å². The van der Waals surface area contributed by atoms with Gasteiger partial charge in [0.1, 0.15) is 17.2 Å². The van der Waals surface area contributed by atoms with Crippen molar-refractivity contribution in [1.82, 2.24) is 5.01 Å². The van der Waals surface area contributed by atoms with Gasteiger partial charge in [0.05, 0.1) is 23.9 Å². The van der Waals surface area contributed by atoms with E-state index in [4.69, 9.17) is 30.9 Å². The van der Waals surface area contributed by atoms with Crippen molar-refractivity contribution in [2.75, 3.05) is 6.61 Å². The van der Waals surface area contributed by atoms with Crippen LogP contribution in [-0.4, -0.2) is 23.3 Å². The van der Waals surface area contributed by atoms with Crippen molar-refractivity contribution in [1.29, 1.82) is 0 Å². The number of carbonyl (C=O) groups is 1. The molecule has 0 saturated carbocycles. The van der Waals surface area contributed by atoms with E-state index in [1.165, 1.54) is 0 Å². The maximum atomic E-state index is 12.5. The van der Waals surface area contributed by atoms with Crippen LogP contribution in [0.1, 0.15) is 52.7 Å². The van der Waals surface area contributed by atoms with Crippen molar-refractivity contribution >= 4 is 39.2 Å².